The van der Waals surface area contributed by atoms with Gasteiger partial charge in [-0.05, 0) is 36.8 Å². The predicted molar refractivity (Wildman–Crippen MR) is 111 cm³/mol. The third-order valence-electron chi connectivity index (χ3n) is 3.89. The number of hydrogen-bond acceptors (Lipinski definition) is 7. The van der Waals surface area contributed by atoms with Crippen molar-refractivity contribution in [1.82, 2.24) is 10.3 Å². The van der Waals surface area contributed by atoms with Crippen molar-refractivity contribution in [2.75, 3.05) is 12.9 Å². The van der Waals surface area contributed by atoms with E-state index >= 15 is 0 Å². The number of amides is 1. The van der Waals surface area contributed by atoms with Gasteiger partial charge in [0, 0.05) is 6.54 Å². The van der Waals surface area contributed by atoms with Crippen LogP contribution in [0.2, 0.25) is 0 Å². The summed E-state index contributed by atoms with van der Waals surface area (Å²) >= 11 is 2.84. The van der Waals surface area contributed by atoms with Crippen LogP contribution >= 0.6 is 23.1 Å². The maximum Gasteiger partial charge on any atom is 0.317 e. The van der Waals surface area contributed by atoms with Gasteiger partial charge in [-0.2, -0.15) is 0 Å². The third kappa shape index (κ3) is 5.46. The van der Waals surface area contributed by atoms with Crippen LogP contribution in [0, 0.1) is 0 Å². The number of hydrogen-bond donors (Lipinski definition) is 1. The molecule has 3 rings (SSSR count). The smallest absolute Gasteiger partial charge is 0.317 e. The molecule has 0 bridgehead atoms. The Kier molecular flexibility index (Phi) is 6.89. The van der Waals surface area contributed by atoms with Crippen LogP contribution in [0.3, 0.4) is 0 Å². The van der Waals surface area contributed by atoms with Crippen molar-refractivity contribution in [3.05, 3.63) is 54.1 Å². The Morgan fingerprint density at radius 2 is 1.93 bits per heavy atom. The van der Waals surface area contributed by atoms with E-state index in [-0.39, 0.29) is 11.7 Å². The molecule has 0 unspecified atom stereocenters. The zero-order valence-corrected chi connectivity index (χ0v) is 17.1. The second-order valence-electron chi connectivity index (χ2n) is 5.93. The number of nitrogens with one attached hydrogen (secondary N) is 1. The average molecular weight is 417 g/mol. The average Bonchev–Trinajstić information content (AvgIpc) is 3.14. The molecule has 1 aromatic heterocycles. The summed E-state index contributed by atoms with van der Waals surface area (Å²) in [6, 6.07) is 15.2. The Labute approximate surface area is 171 Å². The topological polar surface area (TPSA) is 77.5 Å². The number of rotatable bonds is 8. The van der Waals surface area contributed by atoms with E-state index in [9.17, 15) is 9.59 Å². The molecule has 0 spiro atoms. The molecular formula is C20H20N2O4S2. The SMILES string of the molecule is COc1ccc(CNC(=O)[C@H](C)OC(=O)CSc2nc3ccccc3s2)cc1. The molecule has 3 aromatic rings. The molecule has 1 atom stereocenters. The molecule has 0 aliphatic carbocycles. The molecule has 0 fully saturated rings. The second kappa shape index (κ2) is 9.57. The third-order valence-corrected chi connectivity index (χ3v) is 6.04. The van der Waals surface area contributed by atoms with Gasteiger partial charge >= 0.3 is 5.97 Å². The van der Waals surface area contributed by atoms with Gasteiger partial charge in [-0.25, -0.2) is 4.98 Å². The van der Waals surface area contributed by atoms with E-state index in [4.69, 9.17) is 9.47 Å². The summed E-state index contributed by atoms with van der Waals surface area (Å²) in [5.41, 5.74) is 1.84. The molecule has 0 aliphatic heterocycles. The Balaban J connectivity index is 1.42. The number of benzene rings is 2. The fraction of sp³-hybridized carbons (Fsp3) is 0.250. The van der Waals surface area contributed by atoms with Crippen molar-refractivity contribution < 1.29 is 19.1 Å². The summed E-state index contributed by atoms with van der Waals surface area (Å²) in [7, 11) is 1.60. The Bertz CT molecular complexity index is 923. The predicted octanol–water partition coefficient (Wildman–Crippen LogP) is 3.65. The van der Waals surface area contributed by atoms with Crippen molar-refractivity contribution in [3.63, 3.8) is 0 Å². The first kappa shape index (κ1) is 20.2. The van der Waals surface area contributed by atoms with Crippen LogP contribution in [-0.2, 0) is 20.9 Å². The van der Waals surface area contributed by atoms with Crippen LogP contribution in [-0.4, -0.2) is 35.8 Å². The fourth-order valence-electron chi connectivity index (χ4n) is 2.39. The van der Waals surface area contributed by atoms with Crippen LogP contribution in [0.5, 0.6) is 5.75 Å². The lowest BCUT2D eigenvalue weighted by Crippen LogP contribution is -2.35. The first-order chi connectivity index (χ1) is 13.5. The maximum absolute atomic E-state index is 12.1. The van der Waals surface area contributed by atoms with Crippen molar-refractivity contribution >= 4 is 45.2 Å². The van der Waals surface area contributed by atoms with Crippen LogP contribution < -0.4 is 10.1 Å². The molecule has 0 saturated heterocycles. The van der Waals surface area contributed by atoms with E-state index < -0.39 is 12.1 Å². The minimum absolute atomic E-state index is 0.107. The van der Waals surface area contributed by atoms with Crippen LogP contribution in [0.25, 0.3) is 10.2 Å². The highest BCUT2D eigenvalue weighted by molar-refractivity contribution is 8.01. The van der Waals surface area contributed by atoms with Crippen molar-refractivity contribution in [1.29, 1.82) is 0 Å². The zero-order valence-electron chi connectivity index (χ0n) is 15.5. The van der Waals surface area contributed by atoms with Gasteiger partial charge in [0.25, 0.3) is 5.91 Å². The van der Waals surface area contributed by atoms with Gasteiger partial charge in [0.2, 0.25) is 0 Å². The maximum atomic E-state index is 12.1. The fourth-order valence-corrected chi connectivity index (χ4v) is 4.25. The number of ether oxygens (including phenoxy) is 2. The van der Waals surface area contributed by atoms with Crippen LogP contribution in [0.4, 0.5) is 0 Å². The monoisotopic (exact) mass is 416 g/mol. The summed E-state index contributed by atoms with van der Waals surface area (Å²) in [5, 5.41) is 2.76. The van der Waals surface area contributed by atoms with Crippen molar-refractivity contribution in [3.8, 4) is 5.75 Å². The largest absolute Gasteiger partial charge is 0.497 e. The summed E-state index contributed by atoms with van der Waals surface area (Å²) in [4.78, 5) is 28.6. The van der Waals surface area contributed by atoms with Gasteiger partial charge < -0.3 is 14.8 Å². The first-order valence-corrected chi connectivity index (χ1v) is 10.4. The minimum Gasteiger partial charge on any atom is -0.497 e. The Hall–Kier alpha value is -2.58. The number of esters is 1. The number of fused-ring (bicyclic) bond motifs is 1. The molecule has 1 amide bonds. The van der Waals surface area contributed by atoms with E-state index in [0.29, 0.717) is 6.54 Å². The number of para-hydroxylation sites is 1. The standard InChI is InChI=1S/C20H20N2O4S2/c1-13(19(24)21-11-14-7-9-15(25-2)10-8-14)26-18(23)12-27-20-22-16-5-3-4-6-17(16)28-20/h3-10,13H,11-12H2,1-2H3,(H,21,24)/t13-/m0/s1. The number of carbonyl (C=O) groups excluding carboxylic acids is 2. The lowest BCUT2D eigenvalue weighted by Gasteiger charge is -2.13. The summed E-state index contributed by atoms with van der Waals surface area (Å²) in [5.74, 6) is 0.0733. The summed E-state index contributed by atoms with van der Waals surface area (Å²) in [6.07, 6.45) is -0.860. The quantitative estimate of drug-likeness (QED) is 0.446. The number of aromatic nitrogens is 1. The molecule has 146 valence electrons. The van der Waals surface area contributed by atoms with Crippen molar-refractivity contribution in [2.45, 2.75) is 23.9 Å². The summed E-state index contributed by atoms with van der Waals surface area (Å²) in [6.45, 7) is 1.91. The molecule has 6 nitrogen and oxygen atoms in total. The first-order valence-electron chi connectivity index (χ1n) is 8.63. The van der Waals surface area contributed by atoms with Gasteiger partial charge in [-0.15, -0.1) is 11.3 Å². The van der Waals surface area contributed by atoms with E-state index in [1.54, 1.807) is 14.0 Å². The summed E-state index contributed by atoms with van der Waals surface area (Å²) < 4.78 is 12.2. The number of carbonyl (C=O) groups is 2. The van der Waals surface area contributed by atoms with Crippen molar-refractivity contribution in [2.24, 2.45) is 0 Å². The van der Waals surface area contributed by atoms with E-state index in [0.717, 1.165) is 25.9 Å². The molecule has 1 heterocycles. The number of thioether (sulfide) groups is 1. The van der Waals surface area contributed by atoms with E-state index in [1.807, 2.05) is 48.5 Å². The second-order valence-corrected chi connectivity index (χ2v) is 8.19. The molecule has 0 saturated carbocycles. The van der Waals surface area contributed by atoms with Gasteiger partial charge in [-0.3, -0.25) is 9.59 Å². The number of methoxy groups -OCH3 is 1. The molecule has 1 N–H and O–H groups in total. The van der Waals surface area contributed by atoms with Gasteiger partial charge in [0.1, 0.15) is 5.75 Å². The lowest BCUT2D eigenvalue weighted by atomic mass is 10.2. The highest BCUT2D eigenvalue weighted by Gasteiger charge is 2.18. The minimum atomic E-state index is -0.860. The van der Waals surface area contributed by atoms with Crippen LogP contribution in [0.1, 0.15) is 12.5 Å². The molecule has 8 heteroatoms. The van der Waals surface area contributed by atoms with E-state index in [1.165, 1.54) is 23.1 Å². The zero-order chi connectivity index (χ0) is 19.9. The van der Waals surface area contributed by atoms with Gasteiger partial charge in [0.05, 0.1) is 23.1 Å². The van der Waals surface area contributed by atoms with Crippen LogP contribution in [0.15, 0.2) is 52.9 Å². The molecule has 28 heavy (non-hydrogen) atoms. The normalized spacial score (nSPS) is 11.8. The highest BCUT2D eigenvalue weighted by Crippen LogP contribution is 2.29. The lowest BCUT2D eigenvalue weighted by molar-refractivity contribution is -0.152. The van der Waals surface area contributed by atoms with Gasteiger partial charge in [-0.1, -0.05) is 36.0 Å². The number of thiazole rings is 1. The van der Waals surface area contributed by atoms with Gasteiger partial charge in [0.15, 0.2) is 10.4 Å². The molecule has 0 radical (unpaired) electrons. The molecule has 0 aliphatic rings. The Morgan fingerprint density at radius 1 is 1.18 bits per heavy atom. The van der Waals surface area contributed by atoms with E-state index in [2.05, 4.69) is 10.3 Å². The highest BCUT2D eigenvalue weighted by atomic mass is 32.2. The molecule has 2 aromatic carbocycles. The molecular weight excluding hydrogens is 396 g/mol. The number of nitrogens with zero attached hydrogens (tertiary/aromatic N) is 1. The Morgan fingerprint density at radius 3 is 2.64 bits per heavy atom.